The minimum atomic E-state index is -3.76. The van der Waals surface area contributed by atoms with Crippen LogP contribution in [0.4, 0.5) is 0 Å². The Kier molecular flexibility index (Phi) is 8.87. The molecule has 0 fully saturated rings. The molecule has 0 bridgehead atoms. The summed E-state index contributed by atoms with van der Waals surface area (Å²) in [4.78, 5) is 20.7. The lowest BCUT2D eigenvalue weighted by molar-refractivity contribution is -0.191. The van der Waals surface area contributed by atoms with E-state index in [9.17, 15) is 8.42 Å². The Morgan fingerprint density at radius 2 is 1.71 bits per heavy atom. The van der Waals surface area contributed by atoms with Crippen molar-refractivity contribution in [2.45, 2.75) is 50.8 Å². The average molecular weight is 483 g/mol. The summed E-state index contributed by atoms with van der Waals surface area (Å²) in [5.74, 6) is 0.980. The van der Waals surface area contributed by atoms with Crippen LogP contribution in [0, 0.1) is 6.92 Å². The molecule has 7 nitrogen and oxygen atoms in total. The van der Waals surface area contributed by atoms with Gasteiger partial charge in [-0.15, -0.1) is 0 Å². The van der Waals surface area contributed by atoms with Crippen LogP contribution in [0.2, 0.25) is 0 Å². The van der Waals surface area contributed by atoms with E-state index in [1.807, 2.05) is 32.0 Å². The Morgan fingerprint density at radius 3 is 2.32 bits per heavy atom. The molecule has 0 radical (unpaired) electrons. The lowest BCUT2D eigenvalue weighted by atomic mass is 9.85. The molecule has 0 aliphatic heterocycles. The maximum atomic E-state index is 11.7. The SMILES string of the molecule is Cc1c(-c2ccnc(OCC(C)(C)c3cccc(S(N)(=O)=O)c3)c2)cccc1C(C)C.O=C=O. The topological polar surface area (TPSA) is 116 Å². The molecule has 0 aliphatic rings. The minimum Gasteiger partial charge on any atom is -0.477 e. The zero-order chi connectivity index (χ0) is 25.5. The van der Waals surface area contributed by atoms with Crippen LogP contribution in [-0.4, -0.2) is 26.2 Å². The number of benzene rings is 2. The Labute approximate surface area is 201 Å². The second-order valence-corrected chi connectivity index (χ2v) is 10.4. The molecule has 0 atom stereocenters. The van der Waals surface area contributed by atoms with Gasteiger partial charge in [-0.25, -0.2) is 18.5 Å². The molecule has 3 aromatic rings. The predicted octanol–water partition coefficient (Wildman–Crippen LogP) is 4.60. The van der Waals surface area contributed by atoms with E-state index >= 15 is 0 Å². The van der Waals surface area contributed by atoms with Crippen LogP contribution in [0.15, 0.2) is 65.7 Å². The predicted molar refractivity (Wildman–Crippen MR) is 130 cm³/mol. The van der Waals surface area contributed by atoms with Crippen molar-refractivity contribution in [2.75, 3.05) is 6.61 Å². The van der Waals surface area contributed by atoms with Crippen LogP contribution in [0.1, 0.15) is 50.3 Å². The number of sulfonamides is 1. The van der Waals surface area contributed by atoms with Crippen LogP contribution >= 0.6 is 0 Å². The van der Waals surface area contributed by atoms with Crippen molar-refractivity contribution in [3.63, 3.8) is 0 Å². The van der Waals surface area contributed by atoms with Crippen LogP contribution < -0.4 is 9.88 Å². The van der Waals surface area contributed by atoms with Crippen LogP contribution in [0.5, 0.6) is 5.88 Å². The van der Waals surface area contributed by atoms with Gasteiger partial charge in [0.1, 0.15) is 0 Å². The summed E-state index contributed by atoms with van der Waals surface area (Å²) in [5, 5.41) is 5.28. The summed E-state index contributed by atoms with van der Waals surface area (Å²) in [7, 11) is -3.76. The average Bonchev–Trinajstić information content (AvgIpc) is 2.78. The molecule has 0 spiro atoms. The van der Waals surface area contributed by atoms with Gasteiger partial charge in [0.25, 0.3) is 0 Å². The van der Waals surface area contributed by atoms with E-state index < -0.39 is 15.4 Å². The molecule has 0 aliphatic carbocycles. The smallest absolute Gasteiger partial charge is 0.373 e. The third-order valence-corrected chi connectivity index (χ3v) is 6.48. The highest BCUT2D eigenvalue weighted by molar-refractivity contribution is 7.89. The number of nitrogens with two attached hydrogens (primary N) is 1. The number of rotatable bonds is 7. The summed E-state index contributed by atoms with van der Waals surface area (Å²) in [6.45, 7) is 10.9. The minimum absolute atomic E-state index is 0.0960. The van der Waals surface area contributed by atoms with Crippen molar-refractivity contribution in [1.82, 2.24) is 4.98 Å². The van der Waals surface area contributed by atoms with Gasteiger partial charge in [-0.2, -0.15) is 9.59 Å². The molecule has 34 heavy (non-hydrogen) atoms. The first-order valence-corrected chi connectivity index (χ1v) is 12.3. The van der Waals surface area contributed by atoms with Crippen LogP contribution in [-0.2, 0) is 25.0 Å². The quantitative estimate of drug-likeness (QED) is 0.526. The first-order chi connectivity index (χ1) is 15.9. The number of aromatic nitrogens is 1. The lowest BCUT2D eigenvalue weighted by Gasteiger charge is -2.25. The van der Waals surface area contributed by atoms with Crippen molar-refractivity contribution < 1.29 is 22.7 Å². The van der Waals surface area contributed by atoms with Crippen molar-refractivity contribution in [3.8, 4) is 17.0 Å². The van der Waals surface area contributed by atoms with Gasteiger partial charge in [0.15, 0.2) is 0 Å². The molecule has 1 aromatic heterocycles. The Bertz CT molecular complexity index is 1280. The van der Waals surface area contributed by atoms with Crippen molar-refractivity contribution in [3.05, 3.63) is 77.5 Å². The number of primary sulfonamides is 1. The summed E-state index contributed by atoms with van der Waals surface area (Å²) in [5.41, 5.74) is 5.20. The highest BCUT2D eigenvalue weighted by Gasteiger charge is 2.24. The van der Waals surface area contributed by atoms with E-state index in [0.717, 1.165) is 11.1 Å². The molecule has 180 valence electrons. The van der Waals surface area contributed by atoms with Gasteiger partial charge < -0.3 is 4.74 Å². The molecule has 2 N–H and O–H groups in total. The Balaban J connectivity index is 0.00000129. The number of carbonyl (C=O) groups excluding carboxylic acids is 2. The van der Waals surface area contributed by atoms with Gasteiger partial charge >= 0.3 is 6.15 Å². The zero-order valence-corrected chi connectivity index (χ0v) is 20.8. The largest absolute Gasteiger partial charge is 0.477 e. The molecule has 2 aromatic carbocycles. The first-order valence-electron chi connectivity index (χ1n) is 10.7. The molecule has 0 amide bonds. The third-order valence-electron chi connectivity index (χ3n) is 5.57. The van der Waals surface area contributed by atoms with E-state index in [1.165, 1.54) is 22.8 Å². The fourth-order valence-electron chi connectivity index (χ4n) is 3.68. The number of nitrogens with zero attached hydrogens (tertiary/aromatic N) is 1. The molecule has 0 saturated carbocycles. The van der Waals surface area contributed by atoms with Gasteiger partial charge in [-0.1, -0.05) is 58.0 Å². The number of hydrogen-bond acceptors (Lipinski definition) is 6. The van der Waals surface area contributed by atoms with E-state index in [4.69, 9.17) is 19.5 Å². The van der Waals surface area contributed by atoms with Gasteiger partial charge in [0, 0.05) is 17.7 Å². The third kappa shape index (κ3) is 6.84. The zero-order valence-electron chi connectivity index (χ0n) is 20.0. The Hall–Kier alpha value is -3.32. The summed E-state index contributed by atoms with van der Waals surface area (Å²) < 4.78 is 29.4. The van der Waals surface area contributed by atoms with E-state index in [-0.39, 0.29) is 11.0 Å². The highest BCUT2D eigenvalue weighted by Crippen LogP contribution is 2.31. The van der Waals surface area contributed by atoms with Crippen LogP contribution in [0.25, 0.3) is 11.1 Å². The maximum absolute atomic E-state index is 11.7. The van der Waals surface area contributed by atoms with Gasteiger partial charge in [0.05, 0.1) is 11.5 Å². The lowest BCUT2D eigenvalue weighted by Crippen LogP contribution is -2.27. The second-order valence-electron chi connectivity index (χ2n) is 8.89. The number of hydrogen-bond donors (Lipinski definition) is 1. The summed E-state index contributed by atoms with van der Waals surface area (Å²) >= 11 is 0. The number of pyridine rings is 1. The fraction of sp³-hybridized carbons (Fsp3) is 0.308. The van der Waals surface area contributed by atoms with Gasteiger partial charge in [-0.3, -0.25) is 0 Å². The maximum Gasteiger partial charge on any atom is 0.373 e. The molecule has 0 saturated heterocycles. The molecule has 1 heterocycles. The second kappa shape index (κ2) is 11.2. The van der Waals surface area contributed by atoms with E-state index in [0.29, 0.717) is 18.4 Å². The normalized spacial score (nSPS) is 11.4. The van der Waals surface area contributed by atoms with Gasteiger partial charge in [0.2, 0.25) is 15.9 Å². The summed E-state index contributed by atoms with van der Waals surface area (Å²) in [6, 6.07) is 17.0. The highest BCUT2D eigenvalue weighted by atomic mass is 32.2. The molecule has 8 heteroatoms. The molecular formula is C26H30N2O5S. The molecular weight excluding hydrogens is 452 g/mol. The molecule has 3 rings (SSSR count). The Morgan fingerprint density at radius 1 is 1.06 bits per heavy atom. The summed E-state index contributed by atoms with van der Waals surface area (Å²) in [6.07, 6.45) is 2.00. The first kappa shape index (κ1) is 26.9. The monoisotopic (exact) mass is 482 g/mol. The van der Waals surface area contributed by atoms with E-state index in [1.54, 1.807) is 18.3 Å². The van der Waals surface area contributed by atoms with Crippen molar-refractivity contribution in [2.24, 2.45) is 5.14 Å². The van der Waals surface area contributed by atoms with Crippen molar-refractivity contribution >= 4 is 16.2 Å². The van der Waals surface area contributed by atoms with Gasteiger partial charge in [-0.05, 0) is 58.9 Å². The fourth-order valence-corrected chi connectivity index (χ4v) is 4.24. The van der Waals surface area contributed by atoms with Crippen molar-refractivity contribution in [1.29, 1.82) is 0 Å². The standard InChI is InChI=1S/C25H30N2O3S.CO2/c1-17(2)22-10-7-11-23(18(22)3)19-12-13-27-24(14-19)30-16-25(4,5)20-8-6-9-21(15-20)31(26,28)29;2-1-3/h6-15,17H,16H2,1-5H3,(H2,26,28,29);. The molecule has 0 unspecified atom stereocenters. The van der Waals surface area contributed by atoms with Crippen LogP contribution in [0.3, 0.4) is 0 Å². The van der Waals surface area contributed by atoms with E-state index in [2.05, 4.69) is 44.0 Å². The number of ether oxygens (including phenoxy) is 1.